The fourth-order valence-corrected chi connectivity index (χ4v) is 2.41. The Hall–Kier alpha value is -3.23. The molecule has 3 rings (SSSR count). The molecule has 0 saturated heterocycles. The number of nitro groups is 1. The van der Waals surface area contributed by atoms with Crippen LogP contribution >= 0.6 is 0 Å². The zero-order chi connectivity index (χ0) is 18.0. The van der Waals surface area contributed by atoms with Gasteiger partial charge in [-0.25, -0.2) is 4.68 Å². The van der Waals surface area contributed by atoms with E-state index in [1.54, 1.807) is 6.07 Å². The number of hydrogen-bond donors (Lipinski definition) is 1. The van der Waals surface area contributed by atoms with E-state index in [1.165, 1.54) is 31.4 Å². The Kier molecular flexibility index (Phi) is 4.46. The number of anilines is 1. The van der Waals surface area contributed by atoms with Gasteiger partial charge in [-0.05, 0) is 25.0 Å². The topological polar surface area (TPSA) is 116 Å². The van der Waals surface area contributed by atoms with Crippen LogP contribution in [0.5, 0.6) is 5.75 Å². The van der Waals surface area contributed by atoms with Crippen molar-refractivity contribution in [1.82, 2.24) is 9.78 Å². The number of aromatic nitrogens is 2. The van der Waals surface area contributed by atoms with E-state index in [0.717, 1.165) is 23.2 Å². The van der Waals surface area contributed by atoms with E-state index in [2.05, 4.69) is 10.4 Å². The maximum absolute atomic E-state index is 12.2. The number of amides is 1. The van der Waals surface area contributed by atoms with Crippen LogP contribution in [0.3, 0.4) is 0 Å². The van der Waals surface area contributed by atoms with Crippen LogP contribution in [-0.2, 0) is 11.3 Å². The van der Waals surface area contributed by atoms with Gasteiger partial charge in [-0.2, -0.15) is 5.10 Å². The first kappa shape index (κ1) is 16.6. The molecule has 0 unspecified atom stereocenters. The summed E-state index contributed by atoms with van der Waals surface area (Å²) in [6.45, 7) is -0.286. The van der Waals surface area contributed by atoms with Crippen molar-refractivity contribution in [3.63, 3.8) is 0 Å². The molecule has 25 heavy (non-hydrogen) atoms. The van der Waals surface area contributed by atoms with Crippen LogP contribution in [-0.4, -0.2) is 27.7 Å². The van der Waals surface area contributed by atoms with Crippen molar-refractivity contribution in [1.29, 1.82) is 0 Å². The fourth-order valence-electron chi connectivity index (χ4n) is 2.41. The molecule has 1 aliphatic carbocycles. The SMILES string of the molecule is COc1ccc([N+](=O)[O-])cc1NC(=O)Cn1nc(C2CC2)ccc1=O. The van der Waals surface area contributed by atoms with Gasteiger partial charge in [-0.1, -0.05) is 0 Å². The number of hydrogen-bond acceptors (Lipinski definition) is 6. The van der Waals surface area contributed by atoms with E-state index in [1.807, 2.05) is 0 Å². The molecule has 9 heteroatoms. The molecule has 1 heterocycles. The summed E-state index contributed by atoms with van der Waals surface area (Å²) in [5.74, 6) is 0.110. The molecule has 1 aliphatic rings. The summed E-state index contributed by atoms with van der Waals surface area (Å²) in [6, 6.07) is 6.94. The standard InChI is InChI=1S/C16H16N4O5/c1-25-14-6-4-11(20(23)24)8-13(14)17-15(21)9-19-16(22)7-5-12(18-19)10-2-3-10/h4-8,10H,2-3,9H2,1H3,(H,17,21). The average Bonchev–Trinajstić information content (AvgIpc) is 3.41. The van der Waals surface area contributed by atoms with Crippen molar-refractivity contribution in [3.8, 4) is 5.75 Å². The molecule has 1 saturated carbocycles. The lowest BCUT2D eigenvalue weighted by Crippen LogP contribution is -2.29. The highest BCUT2D eigenvalue weighted by atomic mass is 16.6. The van der Waals surface area contributed by atoms with Crippen LogP contribution in [0.1, 0.15) is 24.5 Å². The van der Waals surface area contributed by atoms with Gasteiger partial charge < -0.3 is 10.1 Å². The van der Waals surface area contributed by atoms with Gasteiger partial charge in [-0.3, -0.25) is 19.7 Å². The monoisotopic (exact) mass is 344 g/mol. The molecule has 1 amide bonds. The van der Waals surface area contributed by atoms with Gasteiger partial charge in [-0.15, -0.1) is 0 Å². The maximum atomic E-state index is 12.2. The molecule has 0 spiro atoms. The minimum Gasteiger partial charge on any atom is -0.495 e. The number of ether oxygens (including phenoxy) is 1. The number of benzene rings is 1. The van der Waals surface area contributed by atoms with Gasteiger partial charge in [0.2, 0.25) is 5.91 Å². The van der Waals surface area contributed by atoms with Crippen molar-refractivity contribution in [2.45, 2.75) is 25.3 Å². The first-order chi connectivity index (χ1) is 12.0. The lowest BCUT2D eigenvalue weighted by Gasteiger charge is -2.11. The van der Waals surface area contributed by atoms with Gasteiger partial charge >= 0.3 is 0 Å². The average molecular weight is 344 g/mol. The smallest absolute Gasteiger partial charge is 0.271 e. The molecule has 1 aromatic carbocycles. The molecule has 0 radical (unpaired) electrons. The summed E-state index contributed by atoms with van der Waals surface area (Å²) in [7, 11) is 1.39. The predicted octanol–water partition coefficient (Wildman–Crippen LogP) is 1.68. The van der Waals surface area contributed by atoms with Crippen molar-refractivity contribution >= 4 is 17.3 Å². The summed E-state index contributed by atoms with van der Waals surface area (Å²) in [6.07, 6.45) is 2.06. The molecule has 0 aliphatic heterocycles. The van der Waals surface area contributed by atoms with Crippen molar-refractivity contribution in [3.05, 3.63) is 56.5 Å². The Morgan fingerprint density at radius 2 is 2.16 bits per heavy atom. The van der Waals surface area contributed by atoms with Crippen LogP contribution in [0, 0.1) is 10.1 Å². The maximum Gasteiger partial charge on any atom is 0.271 e. The van der Waals surface area contributed by atoms with E-state index in [0.29, 0.717) is 5.92 Å². The third-order valence-electron chi connectivity index (χ3n) is 3.84. The lowest BCUT2D eigenvalue weighted by atomic mass is 10.2. The zero-order valence-electron chi connectivity index (χ0n) is 13.5. The lowest BCUT2D eigenvalue weighted by molar-refractivity contribution is -0.384. The Morgan fingerprint density at radius 3 is 2.80 bits per heavy atom. The first-order valence-electron chi connectivity index (χ1n) is 7.68. The van der Waals surface area contributed by atoms with Gasteiger partial charge in [0.25, 0.3) is 11.2 Å². The normalized spacial score (nSPS) is 13.3. The van der Waals surface area contributed by atoms with Gasteiger partial charge in [0.1, 0.15) is 12.3 Å². The van der Waals surface area contributed by atoms with Crippen molar-refractivity contribution < 1.29 is 14.5 Å². The molecule has 0 atom stereocenters. The second-order valence-corrected chi connectivity index (χ2v) is 5.72. The summed E-state index contributed by atoms with van der Waals surface area (Å²) in [5, 5.41) is 17.6. The summed E-state index contributed by atoms with van der Waals surface area (Å²) >= 11 is 0. The van der Waals surface area contributed by atoms with Crippen molar-refractivity contribution in [2.24, 2.45) is 0 Å². The first-order valence-corrected chi connectivity index (χ1v) is 7.68. The Bertz CT molecular complexity index is 888. The minimum atomic E-state index is -0.569. The third kappa shape index (κ3) is 3.82. The quantitative estimate of drug-likeness (QED) is 0.629. The number of non-ortho nitro benzene ring substituents is 1. The molecule has 1 aromatic heterocycles. The largest absolute Gasteiger partial charge is 0.495 e. The molecule has 0 bridgehead atoms. The number of methoxy groups -OCH3 is 1. The van der Waals surface area contributed by atoms with Gasteiger partial charge in [0, 0.05) is 24.1 Å². The Morgan fingerprint density at radius 1 is 1.40 bits per heavy atom. The molecular weight excluding hydrogens is 328 g/mol. The molecule has 1 N–H and O–H groups in total. The number of nitro benzene ring substituents is 1. The van der Waals surface area contributed by atoms with E-state index >= 15 is 0 Å². The summed E-state index contributed by atoms with van der Waals surface area (Å²) in [5.41, 5.74) is 0.390. The molecule has 1 fully saturated rings. The molecule has 130 valence electrons. The highest BCUT2D eigenvalue weighted by Gasteiger charge is 2.25. The summed E-state index contributed by atoms with van der Waals surface area (Å²) < 4.78 is 6.18. The van der Waals surface area contributed by atoms with Crippen LogP contribution in [0.4, 0.5) is 11.4 Å². The van der Waals surface area contributed by atoms with E-state index in [-0.39, 0.29) is 29.2 Å². The van der Waals surface area contributed by atoms with Crippen LogP contribution < -0.4 is 15.6 Å². The summed E-state index contributed by atoms with van der Waals surface area (Å²) in [4.78, 5) is 34.4. The third-order valence-corrected chi connectivity index (χ3v) is 3.84. The number of nitrogens with zero attached hydrogens (tertiary/aromatic N) is 3. The van der Waals surface area contributed by atoms with Crippen molar-refractivity contribution in [2.75, 3.05) is 12.4 Å². The van der Waals surface area contributed by atoms with Crippen LogP contribution in [0.2, 0.25) is 0 Å². The Labute approximate surface area is 142 Å². The predicted molar refractivity (Wildman–Crippen MR) is 88.8 cm³/mol. The highest BCUT2D eigenvalue weighted by molar-refractivity contribution is 5.92. The minimum absolute atomic E-state index is 0.160. The number of carbonyl (C=O) groups is 1. The zero-order valence-corrected chi connectivity index (χ0v) is 13.5. The van der Waals surface area contributed by atoms with E-state index < -0.39 is 10.8 Å². The molecule has 2 aromatic rings. The van der Waals surface area contributed by atoms with Crippen LogP contribution in [0.25, 0.3) is 0 Å². The van der Waals surface area contributed by atoms with E-state index in [4.69, 9.17) is 4.74 Å². The molecular formula is C16H16N4O5. The van der Waals surface area contributed by atoms with E-state index in [9.17, 15) is 19.7 Å². The van der Waals surface area contributed by atoms with Gasteiger partial charge in [0.15, 0.2) is 0 Å². The van der Waals surface area contributed by atoms with Crippen LogP contribution in [0.15, 0.2) is 35.1 Å². The number of nitrogens with one attached hydrogen (secondary N) is 1. The number of carbonyl (C=O) groups excluding carboxylic acids is 1. The molecule has 9 nitrogen and oxygen atoms in total. The fraction of sp³-hybridized carbons (Fsp3) is 0.312. The number of rotatable bonds is 6. The second-order valence-electron chi connectivity index (χ2n) is 5.72. The highest BCUT2D eigenvalue weighted by Crippen LogP contribution is 2.38. The second kappa shape index (κ2) is 6.71. The van der Waals surface area contributed by atoms with Gasteiger partial charge in [0.05, 0.1) is 23.4 Å². The Balaban J connectivity index is 1.79.